The average molecular weight is 603 g/mol. The quantitative estimate of drug-likeness (QED) is 0.338. The summed E-state index contributed by atoms with van der Waals surface area (Å²) in [5.74, 6) is 1.03. The van der Waals surface area contributed by atoms with Crippen LogP contribution in [0.2, 0.25) is 0 Å². The van der Waals surface area contributed by atoms with Crippen molar-refractivity contribution in [3.8, 4) is 5.69 Å². The van der Waals surface area contributed by atoms with E-state index in [1.54, 1.807) is 11.2 Å². The maximum Gasteiger partial charge on any atom is 0.256 e. The van der Waals surface area contributed by atoms with E-state index in [0.29, 0.717) is 55.1 Å². The van der Waals surface area contributed by atoms with Crippen LogP contribution in [-0.4, -0.2) is 74.6 Å². The maximum absolute atomic E-state index is 14.2. The number of amides is 2. The van der Waals surface area contributed by atoms with Crippen LogP contribution in [0.3, 0.4) is 0 Å². The summed E-state index contributed by atoms with van der Waals surface area (Å²) in [5.41, 5.74) is 6.28. The molecule has 2 amide bonds. The molecule has 2 aromatic carbocycles. The van der Waals surface area contributed by atoms with Gasteiger partial charge in [0.15, 0.2) is 5.82 Å². The van der Waals surface area contributed by atoms with E-state index < -0.39 is 0 Å². The average Bonchev–Trinajstić information content (AvgIpc) is 3.60. The van der Waals surface area contributed by atoms with Crippen molar-refractivity contribution >= 4 is 44.6 Å². The molecule has 4 heterocycles. The molecule has 1 N–H and O–H groups in total. The Morgan fingerprint density at radius 2 is 1.90 bits per heavy atom. The second kappa shape index (κ2) is 10.2. The van der Waals surface area contributed by atoms with Gasteiger partial charge in [0.1, 0.15) is 5.52 Å². The number of hydrogen-bond acceptors (Lipinski definition) is 5. The van der Waals surface area contributed by atoms with Gasteiger partial charge in [0.25, 0.3) is 5.91 Å². The number of fused-ring (bicyclic) bond motifs is 1. The molecule has 2 aliphatic heterocycles. The SMILES string of the molecule is C=CC(=O)N1CCN(C)c2nn(-c3ccc(C(C)C)cc3)c3c2C(C1)N(C(=O)c1ccc(Br)c2nc[nH]c12)CC3. The molecular formula is C30H32BrN7O2. The lowest BCUT2D eigenvalue weighted by Crippen LogP contribution is -2.49. The highest BCUT2D eigenvalue weighted by molar-refractivity contribution is 9.10. The third kappa shape index (κ3) is 4.30. The Labute approximate surface area is 241 Å². The third-order valence-corrected chi connectivity index (χ3v) is 8.71. The van der Waals surface area contributed by atoms with E-state index in [4.69, 9.17) is 5.10 Å². The Hall–Kier alpha value is -3.92. The van der Waals surface area contributed by atoms with Gasteiger partial charge in [-0.25, -0.2) is 9.67 Å². The smallest absolute Gasteiger partial charge is 0.256 e. The van der Waals surface area contributed by atoms with Gasteiger partial charge in [0.05, 0.1) is 34.8 Å². The molecule has 40 heavy (non-hydrogen) atoms. The molecule has 0 aliphatic carbocycles. The number of imidazole rings is 1. The minimum atomic E-state index is -0.372. The van der Waals surface area contributed by atoms with E-state index in [2.05, 4.69) is 75.5 Å². The molecule has 2 aliphatic rings. The second-order valence-corrected chi connectivity index (χ2v) is 11.6. The van der Waals surface area contributed by atoms with Gasteiger partial charge in [-0.1, -0.05) is 32.6 Å². The fraction of sp³-hybridized carbons (Fsp3) is 0.333. The van der Waals surface area contributed by atoms with Crippen molar-refractivity contribution in [2.45, 2.75) is 32.2 Å². The van der Waals surface area contributed by atoms with Crippen LogP contribution in [0.4, 0.5) is 5.82 Å². The first-order chi connectivity index (χ1) is 19.3. The first-order valence-electron chi connectivity index (χ1n) is 13.6. The van der Waals surface area contributed by atoms with E-state index in [1.807, 2.05) is 28.8 Å². The van der Waals surface area contributed by atoms with E-state index in [0.717, 1.165) is 27.2 Å². The Balaban J connectivity index is 1.48. The van der Waals surface area contributed by atoms with Crippen molar-refractivity contribution in [2.75, 3.05) is 38.1 Å². The van der Waals surface area contributed by atoms with Crippen LogP contribution >= 0.6 is 15.9 Å². The molecule has 0 radical (unpaired) electrons. The Morgan fingerprint density at radius 3 is 2.62 bits per heavy atom. The number of benzene rings is 2. The topological polar surface area (TPSA) is 90.4 Å². The zero-order chi connectivity index (χ0) is 28.1. The zero-order valence-electron chi connectivity index (χ0n) is 22.9. The Morgan fingerprint density at radius 1 is 1.12 bits per heavy atom. The van der Waals surface area contributed by atoms with Crippen molar-refractivity contribution in [2.24, 2.45) is 0 Å². The zero-order valence-corrected chi connectivity index (χ0v) is 24.5. The lowest BCUT2D eigenvalue weighted by molar-refractivity contribution is -0.126. The van der Waals surface area contributed by atoms with Gasteiger partial charge in [0, 0.05) is 49.7 Å². The number of nitrogens with zero attached hydrogens (tertiary/aromatic N) is 6. The maximum atomic E-state index is 14.2. The monoisotopic (exact) mass is 601 g/mol. The molecule has 206 valence electrons. The summed E-state index contributed by atoms with van der Waals surface area (Å²) in [6.45, 7) is 10.1. The number of hydrogen-bond donors (Lipinski definition) is 1. The molecule has 9 nitrogen and oxygen atoms in total. The van der Waals surface area contributed by atoms with Gasteiger partial charge in [-0.2, -0.15) is 0 Å². The van der Waals surface area contributed by atoms with Gasteiger partial charge >= 0.3 is 0 Å². The van der Waals surface area contributed by atoms with Crippen LogP contribution in [0.25, 0.3) is 16.7 Å². The van der Waals surface area contributed by atoms with Crippen LogP contribution in [0, 0.1) is 0 Å². The van der Waals surface area contributed by atoms with Crippen LogP contribution < -0.4 is 4.90 Å². The van der Waals surface area contributed by atoms with Gasteiger partial charge in [-0.05, 0) is 57.8 Å². The summed E-state index contributed by atoms with van der Waals surface area (Å²) in [6, 6.07) is 11.8. The molecule has 0 saturated carbocycles. The summed E-state index contributed by atoms with van der Waals surface area (Å²) in [5, 5.41) is 5.11. The Kier molecular flexibility index (Phi) is 6.74. The highest BCUT2D eigenvalue weighted by atomic mass is 79.9. The van der Waals surface area contributed by atoms with Crippen molar-refractivity contribution in [1.82, 2.24) is 29.5 Å². The normalized spacial score (nSPS) is 17.1. The number of H-pyrrole nitrogens is 1. The molecule has 10 heteroatoms. The van der Waals surface area contributed by atoms with Crippen molar-refractivity contribution in [3.05, 3.63) is 82.2 Å². The number of anilines is 1. The number of aromatic amines is 1. The fourth-order valence-corrected chi connectivity index (χ4v) is 6.27. The summed E-state index contributed by atoms with van der Waals surface area (Å²) in [6.07, 6.45) is 3.59. The largest absolute Gasteiger partial charge is 0.356 e. The van der Waals surface area contributed by atoms with Gasteiger partial charge in [-0.3, -0.25) is 9.59 Å². The van der Waals surface area contributed by atoms with Crippen LogP contribution in [0.1, 0.15) is 53.0 Å². The molecule has 0 bridgehead atoms. The molecule has 6 rings (SSSR count). The van der Waals surface area contributed by atoms with Crippen molar-refractivity contribution < 1.29 is 9.59 Å². The van der Waals surface area contributed by atoms with E-state index in [-0.39, 0.29) is 17.9 Å². The van der Waals surface area contributed by atoms with E-state index in [1.165, 1.54) is 11.6 Å². The summed E-state index contributed by atoms with van der Waals surface area (Å²) in [7, 11) is 2.00. The predicted molar refractivity (Wildman–Crippen MR) is 159 cm³/mol. The molecule has 4 aromatic rings. The van der Waals surface area contributed by atoms with Crippen molar-refractivity contribution in [1.29, 1.82) is 0 Å². The minimum absolute atomic E-state index is 0.105. The molecular weight excluding hydrogens is 570 g/mol. The number of rotatable bonds is 4. The van der Waals surface area contributed by atoms with Gasteiger partial charge < -0.3 is 19.7 Å². The number of carbonyl (C=O) groups is 2. The molecule has 0 saturated heterocycles. The summed E-state index contributed by atoms with van der Waals surface area (Å²) in [4.78, 5) is 40.4. The van der Waals surface area contributed by atoms with Crippen LogP contribution in [0.15, 0.2) is 59.9 Å². The molecule has 0 spiro atoms. The van der Waals surface area contributed by atoms with Crippen LogP contribution in [0.5, 0.6) is 0 Å². The van der Waals surface area contributed by atoms with Crippen LogP contribution in [-0.2, 0) is 11.2 Å². The number of carbonyl (C=O) groups excluding carboxylic acids is 2. The second-order valence-electron chi connectivity index (χ2n) is 10.7. The lowest BCUT2D eigenvalue weighted by Gasteiger charge is -2.41. The molecule has 0 fully saturated rings. The minimum Gasteiger partial charge on any atom is -0.356 e. The highest BCUT2D eigenvalue weighted by Gasteiger charge is 2.40. The third-order valence-electron chi connectivity index (χ3n) is 8.07. The number of likely N-dealkylation sites (N-methyl/N-ethyl adjacent to an activating group) is 1. The number of halogens is 1. The molecule has 1 unspecified atom stereocenters. The summed E-state index contributed by atoms with van der Waals surface area (Å²) >= 11 is 3.54. The predicted octanol–water partition coefficient (Wildman–Crippen LogP) is 4.84. The first-order valence-corrected chi connectivity index (χ1v) is 14.3. The van der Waals surface area contributed by atoms with Crippen molar-refractivity contribution in [3.63, 3.8) is 0 Å². The van der Waals surface area contributed by atoms with Gasteiger partial charge in [-0.15, -0.1) is 5.10 Å². The highest BCUT2D eigenvalue weighted by Crippen LogP contribution is 2.40. The number of nitrogens with one attached hydrogen (secondary N) is 1. The lowest BCUT2D eigenvalue weighted by atomic mass is 9.94. The fourth-order valence-electron chi connectivity index (χ4n) is 5.84. The van der Waals surface area contributed by atoms with E-state index in [9.17, 15) is 9.59 Å². The van der Waals surface area contributed by atoms with E-state index >= 15 is 0 Å². The van der Waals surface area contributed by atoms with Gasteiger partial charge in [0.2, 0.25) is 5.91 Å². The molecule has 2 aromatic heterocycles. The summed E-state index contributed by atoms with van der Waals surface area (Å²) < 4.78 is 2.85. The Bertz CT molecular complexity index is 1620. The first kappa shape index (κ1) is 26.3. The number of aromatic nitrogens is 4. The molecule has 1 atom stereocenters. The standard InChI is InChI=1S/C30H32BrN7O2/c1-5-25(39)36-15-14-35(4)29-26-23(38(34-29)20-8-6-19(7-9-20)18(2)3)12-13-37(24(26)16-36)30(40)21-10-11-22(31)28-27(21)32-17-33-28/h5-11,17-18,24H,1,12-16H2,2-4H3,(H,32,33).